The monoisotopic (exact) mass is 409 g/mol. The van der Waals surface area contributed by atoms with Crippen LogP contribution in [0.25, 0.3) is 5.69 Å². The second-order valence-electron chi connectivity index (χ2n) is 6.81. The second-order valence-corrected chi connectivity index (χ2v) is 7.90. The van der Waals surface area contributed by atoms with Crippen LogP contribution in [0.4, 0.5) is 5.82 Å². The van der Waals surface area contributed by atoms with Crippen LogP contribution in [0, 0.1) is 6.92 Å². The SMILES string of the molecule is COc1ccc(-n2nc(C)c3c2NC(=O)CSC3c2ccc3c(c2)OCO3)cc1. The zero-order valence-corrected chi connectivity index (χ0v) is 16.8. The highest BCUT2D eigenvalue weighted by molar-refractivity contribution is 8.00. The average molecular weight is 409 g/mol. The summed E-state index contributed by atoms with van der Waals surface area (Å²) < 4.78 is 18.0. The lowest BCUT2D eigenvalue weighted by molar-refractivity contribution is -0.113. The number of rotatable bonds is 3. The van der Waals surface area contributed by atoms with Crippen molar-refractivity contribution < 1.29 is 19.0 Å². The van der Waals surface area contributed by atoms with E-state index in [1.165, 1.54) is 0 Å². The third kappa shape index (κ3) is 3.09. The van der Waals surface area contributed by atoms with Gasteiger partial charge < -0.3 is 19.5 Å². The highest BCUT2D eigenvalue weighted by Crippen LogP contribution is 2.46. The largest absolute Gasteiger partial charge is 0.497 e. The molecule has 0 aliphatic carbocycles. The standard InChI is InChI=1S/C21H19N3O4S/c1-12-19-20(13-3-8-16-17(9-13)28-11-27-16)29-10-18(25)22-21(19)24(23-12)14-4-6-15(26-2)7-5-14/h3-9,20H,10-11H2,1-2H3,(H,22,25). The van der Waals surface area contributed by atoms with Gasteiger partial charge >= 0.3 is 0 Å². The van der Waals surface area contributed by atoms with Crippen molar-refractivity contribution in [3.05, 3.63) is 59.3 Å². The van der Waals surface area contributed by atoms with Crippen LogP contribution in [0.3, 0.4) is 0 Å². The van der Waals surface area contributed by atoms with Crippen LogP contribution < -0.4 is 19.5 Å². The zero-order valence-electron chi connectivity index (χ0n) is 16.0. The highest BCUT2D eigenvalue weighted by atomic mass is 32.2. The molecule has 3 aromatic rings. The van der Waals surface area contributed by atoms with E-state index in [-0.39, 0.29) is 18.0 Å². The number of aryl methyl sites for hydroxylation is 1. The maximum atomic E-state index is 12.5. The Balaban J connectivity index is 1.62. The van der Waals surface area contributed by atoms with Crippen molar-refractivity contribution in [1.82, 2.24) is 9.78 Å². The summed E-state index contributed by atoms with van der Waals surface area (Å²) in [5, 5.41) is 7.73. The average Bonchev–Trinajstić information content (AvgIpc) is 3.28. The molecule has 1 aromatic heterocycles. The smallest absolute Gasteiger partial charge is 0.235 e. The number of thioether (sulfide) groups is 1. The van der Waals surface area contributed by atoms with Crippen LogP contribution in [0.15, 0.2) is 42.5 Å². The molecule has 0 radical (unpaired) electrons. The molecule has 0 fully saturated rings. The molecule has 1 atom stereocenters. The number of hydrogen-bond donors (Lipinski definition) is 1. The van der Waals surface area contributed by atoms with Gasteiger partial charge in [0.25, 0.3) is 0 Å². The first-order valence-corrected chi connectivity index (χ1v) is 10.2. The summed E-state index contributed by atoms with van der Waals surface area (Å²) in [6, 6.07) is 13.5. The van der Waals surface area contributed by atoms with Gasteiger partial charge in [0.1, 0.15) is 11.6 Å². The normalized spacial score (nSPS) is 17.4. The van der Waals surface area contributed by atoms with Gasteiger partial charge in [-0.2, -0.15) is 5.10 Å². The van der Waals surface area contributed by atoms with E-state index in [2.05, 4.69) is 5.32 Å². The number of amides is 1. The number of carbonyl (C=O) groups excluding carboxylic acids is 1. The number of nitrogens with one attached hydrogen (secondary N) is 1. The first kappa shape index (κ1) is 17.9. The minimum atomic E-state index is -0.0505. The first-order chi connectivity index (χ1) is 14.1. The molecule has 0 bridgehead atoms. The summed E-state index contributed by atoms with van der Waals surface area (Å²) in [6.45, 7) is 2.20. The predicted molar refractivity (Wildman–Crippen MR) is 110 cm³/mol. The molecule has 1 unspecified atom stereocenters. The van der Waals surface area contributed by atoms with E-state index in [0.717, 1.165) is 39.8 Å². The van der Waals surface area contributed by atoms with Crippen LogP contribution in [-0.4, -0.2) is 35.3 Å². The Morgan fingerprint density at radius 2 is 1.97 bits per heavy atom. The predicted octanol–water partition coefficient (Wildman–Crippen LogP) is 3.69. The highest BCUT2D eigenvalue weighted by Gasteiger charge is 2.31. The van der Waals surface area contributed by atoms with Crippen molar-refractivity contribution in [2.75, 3.05) is 25.0 Å². The molecule has 2 aliphatic rings. The van der Waals surface area contributed by atoms with Gasteiger partial charge in [-0.1, -0.05) is 6.07 Å². The van der Waals surface area contributed by atoms with Crippen molar-refractivity contribution in [2.45, 2.75) is 12.2 Å². The second kappa shape index (κ2) is 7.04. The van der Waals surface area contributed by atoms with Gasteiger partial charge in [-0.25, -0.2) is 4.68 Å². The Labute approximate surface area is 172 Å². The fourth-order valence-electron chi connectivity index (χ4n) is 3.63. The molecular weight excluding hydrogens is 390 g/mol. The van der Waals surface area contributed by atoms with E-state index in [4.69, 9.17) is 19.3 Å². The van der Waals surface area contributed by atoms with Crippen LogP contribution in [0.2, 0.25) is 0 Å². The van der Waals surface area contributed by atoms with Gasteiger partial charge in [0, 0.05) is 5.56 Å². The Hall–Kier alpha value is -3.13. The van der Waals surface area contributed by atoms with E-state index in [1.807, 2.05) is 49.4 Å². The van der Waals surface area contributed by atoms with Gasteiger partial charge in [-0.05, 0) is 48.9 Å². The fourth-order valence-corrected chi connectivity index (χ4v) is 4.81. The lowest BCUT2D eigenvalue weighted by Crippen LogP contribution is -2.15. The van der Waals surface area contributed by atoms with Crippen LogP contribution in [0.5, 0.6) is 17.2 Å². The van der Waals surface area contributed by atoms with Crippen molar-refractivity contribution in [1.29, 1.82) is 0 Å². The molecule has 7 nitrogen and oxygen atoms in total. The maximum Gasteiger partial charge on any atom is 0.235 e. The molecule has 0 saturated heterocycles. The molecule has 1 amide bonds. The molecular formula is C21H19N3O4S. The number of anilines is 1. The first-order valence-electron chi connectivity index (χ1n) is 9.19. The minimum absolute atomic E-state index is 0.0471. The number of hydrogen-bond acceptors (Lipinski definition) is 6. The third-order valence-corrected chi connectivity index (χ3v) is 6.29. The molecule has 5 rings (SSSR count). The quantitative estimate of drug-likeness (QED) is 0.711. The summed E-state index contributed by atoms with van der Waals surface area (Å²) >= 11 is 1.58. The Morgan fingerprint density at radius 3 is 2.76 bits per heavy atom. The number of ether oxygens (including phenoxy) is 3. The van der Waals surface area contributed by atoms with Gasteiger partial charge in [0.15, 0.2) is 11.5 Å². The number of fused-ring (bicyclic) bond motifs is 2. The Kier molecular flexibility index (Phi) is 4.35. The summed E-state index contributed by atoms with van der Waals surface area (Å²) in [5.74, 6) is 3.25. The van der Waals surface area contributed by atoms with E-state index in [0.29, 0.717) is 11.6 Å². The summed E-state index contributed by atoms with van der Waals surface area (Å²) in [7, 11) is 1.63. The molecule has 148 valence electrons. The van der Waals surface area contributed by atoms with Gasteiger partial charge in [0.05, 0.1) is 29.5 Å². The summed E-state index contributed by atoms with van der Waals surface area (Å²) in [6.07, 6.45) is 0. The third-order valence-electron chi connectivity index (χ3n) is 5.02. The molecule has 8 heteroatoms. The summed E-state index contributed by atoms with van der Waals surface area (Å²) in [4.78, 5) is 12.5. The Bertz CT molecular complexity index is 1090. The molecule has 1 N–H and O–H groups in total. The number of nitrogens with zero attached hydrogens (tertiary/aromatic N) is 2. The van der Waals surface area contributed by atoms with E-state index in [1.54, 1.807) is 23.6 Å². The van der Waals surface area contributed by atoms with Gasteiger partial charge in [-0.15, -0.1) is 11.8 Å². The number of methoxy groups -OCH3 is 1. The van der Waals surface area contributed by atoms with Crippen LogP contribution in [-0.2, 0) is 4.79 Å². The molecule has 3 heterocycles. The molecule has 2 aliphatic heterocycles. The molecule has 2 aromatic carbocycles. The molecule has 29 heavy (non-hydrogen) atoms. The van der Waals surface area contributed by atoms with Gasteiger partial charge in [-0.3, -0.25) is 4.79 Å². The van der Waals surface area contributed by atoms with Crippen molar-refractivity contribution >= 4 is 23.5 Å². The van der Waals surface area contributed by atoms with Crippen molar-refractivity contribution in [3.8, 4) is 22.9 Å². The number of benzene rings is 2. The van der Waals surface area contributed by atoms with Crippen molar-refractivity contribution in [3.63, 3.8) is 0 Å². The van der Waals surface area contributed by atoms with Crippen molar-refractivity contribution in [2.24, 2.45) is 0 Å². The Morgan fingerprint density at radius 1 is 1.17 bits per heavy atom. The minimum Gasteiger partial charge on any atom is -0.497 e. The maximum absolute atomic E-state index is 12.5. The molecule has 0 spiro atoms. The zero-order chi connectivity index (χ0) is 20.0. The fraction of sp³-hybridized carbons (Fsp3) is 0.238. The summed E-state index contributed by atoms with van der Waals surface area (Å²) in [5.41, 5.74) is 3.77. The van der Waals surface area contributed by atoms with E-state index >= 15 is 0 Å². The topological polar surface area (TPSA) is 74.6 Å². The van der Waals surface area contributed by atoms with Crippen LogP contribution in [0.1, 0.15) is 22.1 Å². The molecule has 0 saturated carbocycles. The van der Waals surface area contributed by atoms with Crippen LogP contribution >= 0.6 is 11.8 Å². The lowest BCUT2D eigenvalue weighted by Gasteiger charge is -2.16. The number of carbonyl (C=O) groups is 1. The van der Waals surface area contributed by atoms with E-state index < -0.39 is 0 Å². The number of aromatic nitrogens is 2. The lowest BCUT2D eigenvalue weighted by atomic mass is 10.0. The van der Waals surface area contributed by atoms with E-state index in [9.17, 15) is 4.79 Å². The van der Waals surface area contributed by atoms with Gasteiger partial charge in [0.2, 0.25) is 12.7 Å².